The molecule has 0 fully saturated rings. The summed E-state index contributed by atoms with van der Waals surface area (Å²) in [5.74, 6) is 0.646. The highest BCUT2D eigenvalue weighted by Crippen LogP contribution is 2.18. The molecule has 0 saturated heterocycles. The van der Waals surface area contributed by atoms with Crippen LogP contribution in [0.1, 0.15) is 42.9 Å². The number of aryl methyl sites for hydroxylation is 2. The Balaban J connectivity index is 1.80. The predicted octanol–water partition coefficient (Wildman–Crippen LogP) is 3.70. The average Bonchev–Trinajstić information content (AvgIpc) is 2.53. The summed E-state index contributed by atoms with van der Waals surface area (Å²) in [7, 11) is 0. The van der Waals surface area contributed by atoms with Gasteiger partial charge < -0.3 is 5.73 Å². The molecular weight excluding hydrogens is 270 g/mol. The van der Waals surface area contributed by atoms with Gasteiger partial charge >= 0.3 is 0 Å². The minimum atomic E-state index is 0.257. The molecule has 2 heterocycles. The summed E-state index contributed by atoms with van der Waals surface area (Å²) in [6.07, 6.45) is 13.0. The first-order valence-electron chi connectivity index (χ1n) is 8.22. The van der Waals surface area contributed by atoms with Crippen LogP contribution in [-0.4, -0.2) is 16.0 Å². The zero-order chi connectivity index (χ0) is 15.8. The molecule has 2 aromatic heterocycles. The first-order chi connectivity index (χ1) is 10.7. The molecule has 0 amide bonds. The highest BCUT2D eigenvalue weighted by Gasteiger charge is 2.13. The van der Waals surface area contributed by atoms with Gasteiger partial charge in [-0.15, -0.1) is 0 Å². The number of hydrogen-bond donors (Lipinski definition) is 1. The molecule has 2 N–H and O–H groups in total. The van der Waals surface area contributed by atoms with Crippen molar-refractivity contribution < 1.29 is 0 Å². The van der Waals surface area contributed by atoms with Gasteiger partial charge in [0.1, 0.15) is 0 Å². The fourth-order valence-corrected chi connectivity index (χ4v) is 2.90. The van der Waals surface area contributed by atoms with Gasteiger partial charge in [0.2, 0.25) is 0 Å². The fraction of sp³-hybridized carbons (Fsp3) is 0.474. The molecular formula is C19H27N3. The van der Waals surface area contributed by atoms with Gasteiger partial charge in [-0.2, -0.15) is 0 Å². The van der Waals surface area contributed by atoms with Crippen LogP contribution in [0.5, 0.6) is 0 Å². The van der Waals surface area contributed by atoms with Crippen molar-refractivity contribution in [1.29, 1.82) is 0 Å². The van der Waals surface area contributed by atoms with Crippen LogP contribution in [0.25, 0.3) is 0 Å². The summed E-state index contributed by atoms with van der Waals surface area (Å²) in [6.45, 7) is 4.33. The van der Waals surface area contributed by atoms with E-state index in [1.807, 2.05) is 24.8 Å². The Morgan fingerprint density at radius 3 is 2.55 bits per heavy atom. The Labute approximate surface area is 134 Å². The van der Waals surface area contributed by atoms with E-state index in [1.165, 1.54) is 23.1 Å². The second kappa shape index (κ2) is 8.64. The van der Waals surface area contributed by atoms with Crippen LogP contribution in [0.15, 0.2) is 43.0 Å². The van der Waals surface area contributed by atoms with Gasteiger partial charge in [-0.1, -0.05) is 19.4 Å². The van der Waals surface area contributed by atoms with E-state index in [4.69, 9.17) is 5.73 Å². The lowest BCUT2D eigenvalue weighted by atomic mass is 9.89. The lowest BCUT2D eigenvalue weighted by Crippen LogP contribution is -2.25. The molecule has 2 rings (SSSR count). The van der Waals surface area contributed by atoms with Crippen molar-refractivity contribution in [2.45, 2.75) is 52.0 Å². The van der Waals surface area contributed by atoms with Crippen LogP contribution in [0, 0.1) is 12.8 Å². The molecule has 2 unspecified atom stereocenters. The number of pyridine rings is 2. The molecule has 22 heavy (non-hydrogen) atoms. The number of nitrogens with two attached hydrogens (primary N) is 1. The molecule has 3 heteroatoms. The van der Waals surface area contributed by atoms with E-state index in [2.05, 4.69) is 42.0 Å². The molecule has 118 valence electrons. The normalized spacial score (nSPS) is 13.8. The van der Waals surface area contributed by atoms with Crippen molar-refractivity contribution in [3.05, 3.63) is 59.7 Å². The molecule has 0 saturated carbocycles. The van der Waals surface area contributed by atoms with Crippen LogP contribution in [0.4, 0.5) is 0 Å². The van der Waals surface area contributed by atoms with Crippen molar-refractivity contribution in [2.75, 3.05) is 0 Å². The zero-order valence-corrected chi connectivity index (χ0v) is 13.7. The van der Waals surface area contributed by atoms with E-state index in [1.54, 1.807) is 0 Å². The van der Waals surface area contributed by atoms with Crippen molar-refractivity contribution >= 4 is 0 Å². The number of rotatable bonds is 8. The summed E-state index contributed by atoms with van der Waals surface area (Å²) in [4.78, 5) is 8.33. The maximum absolute atomic E-state index is 6.36. The zero-order valence-electron chi connectivity index (χ0n) is 13.7. The summed E-state index contributed by atoms with van der Waals surface area (Å²) in [5, 5.41) is 0. The van der Waals surface area contributed by atoms with Gasteiger partial charge in [0.15, 0.2) is 0 Å². The highest BCUT2D eigenvalue weighted by molar-refractivity contribution is 5.16. The molecule has 0 aliphatic rings. The molecule has 0 aliphatic carbocycles. The van der Waals surface area contributed by atoms with Crippen LogP contribution in [-0.2, 0) is 12.8 Å². The highest BCUT2D eigenvalue weighted by atomic mass is 14.6. The van der Waals surface area contributed by atoms with Gasteiger partial charge in [-0.25, -0.2) is 0 Å². The van der Waals surface area contributed by atoms with Crippen molar-refractivity contribution in [3.8, 4) is 0 Å². The first kappa shape index (κ1) is 16.6. The summed E-state index contributed by atoms with van der Waals surface area (Å²) in [6, 6.07) is 6.67. The van der Waals surface area contributed by atoms with E-state index in [0.717, 1.165) is 25.7 Å². The maximum Gasteiger partial charge on any atom is 0.0300 e. The average molecular weight is 297 g/mol. The molecule has 2 aromatic rings. The summed E-state index contributed by atoms with van der Waals surface area (Å²) < 4.78 is 0. The van der Waals surface area contributed by atoms with Crippen LogP contribution >= 0.6 is 0 Å². The van der Waals surface area contributed by atoms with Gasteiger partial charge in [0, 0.05) is 30.8 Å². The monoisotopic (exact) mass is 297 g/mol. The molecule has 0 bridgehead atoms. The maximum atomic E-state index is 6.36. The van der Waals surface area contributed by atoms with Gasteiger partial charge in [-0.3, -0.25) is 9.97 Å². The third-order valence-corrected chi connectivity index (χ3v) is 4.22. The van der Waals surface area contributed by atoms with Crippen molar-refractivity contribution in [2.24, 2.45) is 11.7 Å². The first-order valence-corrected chi connectivity index (χ1v) is 8.22. The molecule has 0 aliphatic heterocycles. The van der Waals surface area contributed by atoms with Crippen LogP contribution in [0.3, 0.4) is 0 Å². The largest absolute Gasteiger partial charge is 0.328 e. The second-order valence-corrected chi connectivity index (χ2v) is 6.24. The molecule has 3 nitrogen and oxygen atoms in total. The Morgan fingerprint density at radius 2 is 1.86 bits per heavy atom. The van der Waals surface area contributed by atoms with E-state index in [9.17, 15) is 0 Å². The summed E-state index contributed by atoms with van der Waals surface area (Å²) >= 11 is 0. The molecule has 2 atom stereocenters. The van der Waals surface area contributed by atoms with E-state index >= 15 is 0 Å². The Hall–Kier alpha value is -1.74. The number of aromatic nitrogens is 2. The van der Waals surface area contributed by atoms with E-state index < -0.39 is 0 Å². The SMILES string of the molecule is CCC(Cc1ccncc1)CC(N)CCc1cncc(C)c1. The number of nitrogens with zero attached hydrogens (tertiary/aromatic N) is 2. The third-order valence-electron chi connectivity index (χ3n) is 4.22. The van der Waals surface area contributed by atoms with Gasteiger partial charge in [0.05, 0.1) is 0 Å². The second-order valence-electron chi connectivity index (χ2n) is 6.24. The molecule has 0 radical (unpaired) electrons. The van der Waals surface area contributed by atoms with Crippen LogP contribution in [0.2, 0.25) is 0 Å². The van der Waals surface area contributed by atoms with Crippen molar-refractivity contribution in [3.63, 3.8) is 0 Å². The molecule has 0 aromatic carbocycles. The van der Waals surface area contributed by atoms with E-state index in [-0.39, 0.29) is 6.04 Å². The minimum Gasteiger partial charge on any atom is -0.328 e. The van der Waals surface area contributed by atoms with Gasteiger partial charge in [-0.05, 0) is 67.3 Å². The summed E-state index contributed by atoms with van der Waals surface area (Å²) in [5.41, 5.74) is 10.2. The molecule has 0 spiro atoms. The standard InChI is InChI=1S/C19H27N3/c1-3-16(11-17-6-8-21-9-7-17)12-19(20)5-4-18-10-15(2)13-22-14-18/h6-10,13-14,16,19H,3-5,11-12,20H2,1-2H3. The van der Waals surface area contributed by atoms with Crippen LogP contribution < -0.4 is 5.73 Å². The number of hydrogen-bond acceptors (Lipinski definition) is 3. The Morgan fingerprint density at radius 1 is 1.09 bits per heavy atom. The fourth-order valence-electron chi connectivity index (χ4n) is 2.90. The van der Waals surface area contributed by atoms with E-state index in [0.29, 0.717) is 5.92 Å². The predicted molar refractivity (Wildman–Crippen MR) is 91.6 cm³/mol. The quantitative estimate of drug-likeness (QED) is 0.808. The Bertz CT molecular complexity index is 554. The Kier molecular flexibility index (Phi) is 6.53. The lowest BCUT2D eigenvalue weighted by Gasteiger charge is -2.20. The smallest absolute Gasteiger partial charge is 0.0300 e. The van der Waals surface area contributed by atoms with Crippen molar-refractivity contribution in [1.82, 2.24) is 9.97 Å². The van der Waals surface area contributed by atoms with Gasteiger partial charge in [0.25, 0.3) is 0 Å². The topological polar surface area (TPSA) is 51.8 Å². The minimum absolute atomic E-state index is 0.257. The lowest BCUT2D eigenvalue weighted by molar-refractivity contribution is 0.405. The third kappa shape index (κ3) is 5.57.